The van der Waals surface area contributed by atoms with Gasteiger partial charge in [-0.1, -0.05) is 0 Å². The summed E-state index contributed by atoms with van der Waals surface area (Å²) in [6.45, 7) is 7.78. The number of nitrogens with one attached hydrogen (secondary N) is 1. The summed E-state index contributed by atoms with van der Waals surface area (Å²) in [6, 6.07) is 0. The molecule has 0 saturated heterocycles. The smallest absolute Gasteiger partial charge is 0.231 e. The standard InChI is InChI=1S/C10H17N3OS/c1-6-8(15-7(2)12-6)13-9(14)10(3,4)5-11/h5,11H2,1-4H3,(H,13,14). The third kappa shape index (κ3) is 2.76. The minimum Gasteiger partial charge on any atom is -0.329 e. The van der Waals surface area contributed by atoms with Crippen LogP contribution in [0.5, 0.6) is 0 Å². The van der Waals surface area contributed by atoms with Gasteiger partial charge < -0.3 is 11.1 Å². The molecule has 84 valence electrons. The van der Waals surface area contributed by atoms with Gasteiger partial charge >= 0.3 is 0 Å². The number of hydrogen-bond acceptors (Lipinski definition) is 4. The fourth-order valence-corrected chi connectivity index (χ4v) is 1.83. The molecule has 1 aromatic rings. The molecule has 0 fully saturated rings. The third-order valence-corrected chi connectivity index (χ3v) is 3.24. The molecule has 0 radical (unpaired) electrons. The van der Waals surface area contributed by atoms with Crippen LogP contribution in [0.2, 0.25) is 0 Å². The van der Waals surface area contributed by atoms with Crippen molar-refractivity contribution in [3.8, 4) is 0 Å². The maximum Gasteiger partial charge on any atom is 0.231 e. The zero-order valence-corrected chi connectivity index (χ0v) is 10.4. The molecule has 1 rings (SSSR count). The van der Waals surface area contributed by atoms with Crippen molar-refractivity contribution in [3.63, 3.8) is 0 Å². The number of nitrogens with two attached hydrogens (primary N) is 1. The van der Waals surface area contributed by atoms with Crippen LogP contribution in [0.1, 0.15) is 24.5 Å². The molecule has 0 unspecified atom stereocenters. The summed E-state index contributed by atoms with van der Waals surface area (Å²) in [5.74, 6) is -0.0586. The van der Waals surface area contributed by atoms with Crippen LogP contribution in [0.25, 0.3) is 0 Å². The number of carbonyl (C=O) groups excluding carboxylic acids is 1. The first-order valence-electron chi connectivity index (χ1n) is 4.82. The SMILES string of the molecule is Cc1nc(C)c(NC(=O)C(C)(C)CN)s1. The Bertz CT molecular complexity index is 371. The number of aryl methyl sites for hydroxylation is 2. The van der Waals surface area contributed by atoms with Gasteiger partial charge in [-0.15, -0.1) is 11.3 Å². The topological polar surface area (TPSA) is 68.0 Å². The van der Waals surface area contributed by atoms with E-state index in [0.29, 0.717) is 6.54 Å². The van der Waals surface area contributed by atoms with Crippen LogP contribution in [-0.2, 0) is 4.79 Å². The summed E-state index contributed by atoms with van der Waals surface area (Å²) in [6.07, 6.45) is 0. The largest absolute Gasteiger partial charge is 0.329 e. The molecular formula is C10H17N3OS. The number of carbonyl (C=O) groups is 1. The Morgan fingerprint density at radius 1 is 1.53 bits per heavy atom. The van der Waals surface area contributed by atoms with E-state index < -0.39 is 5.41 Å². The normalized spacial score (nSPS) is 11.5. The molecule has 0 spiro atoms. The number of hydrogen-bond donors (Lipinski definition) is 2. The summed E-state index contributed by atoms with van der Waals surface area (Å²) < 4.78 is 0. The highest BCUT2D eigenvalue weighted by Gasteiger charge is 2.26. The second-order valence-electron chi connectivity index (χ2n) is 4.19. The lowest BCUT2D eigenvalue weighted by atomic mass is 9.93. The summed E-state index contributed by atoms with van der Waals surface area (Å²) in [5, 5.41) is 4.63. The van der Waals surface area contributed by atoms with E-state index in [1.54, 1.807) is 0 Å². The number of rotatable bonds is 3. The molecule has 4 nitrogen and oxygen atoms in total. The summed E-state index contributed by atoms with van der Waals surface area (Å²) in [4.78, 5) is 16.1. The van der Waals surface area contributed by atoms with E-state index in [-0.39, 0.29) is 5.91 Å². The van der Waals surface area contributed by atoms with Gasteiger partial charge in [0.05, 0.1) is 16.1 Å². The fraction of sp³-hybridized carbons (Fsp3) is 0.600. The van der Waals surface area contributed by atoms with Crippen LogP contribution in [0.15, 0.2) is 0 Å². The van der Waals surface area contributed by atoms with E-state index in [0.717, 1.165) is 15.7 Å². The predicted molar refractivity (Wildman–Crippen MR) is 63.1 cm³/mol. The zero-order valence-electron chi connectivity index (χ0n) is 9.55. The fourth-order valence-electron chi connectivity index (χ4n) is 1.01. The molecule has 0 aliphatic rings. The molecule has 0 aliphatic heterocycles. The van der Waals surface area contributed by atoms with Gasteiger partial charge in [0.25, 0.3) is 0 Å². The Labute approximate surface area is 93.9 Å². The molecule has 1 aromatic heterocycles. The first kappa shape index (κ1) is 12.1. The van der Waals surface area contributed by atoms with E-state index in [9.17, 15) is 4.79 Å². The maximum absolute atomic E-state index is 11.8. The lowest BCUT2D eigenvalue weighted by Crippen LogP contribution is -2.37. The van der Waals surface area contributed by atoms with Crippen molar-refractivity contribution in [3.05, 3.63) is 10.7 Å². The maximum atomic E-state index is 11.8. The first-order chi connectivity index (χ1) is 6.86. The second-order valence-corrected chi connectivity index (χ2v) is 5.39. The van der Waals surface area contributed by atoms with Gasteiger partial charge in [0.15, 0.2) is 0 Å². The first-order valence-corrected chi connectivity index (χ1v) is 5.64. The lowest BCUT2D eigenvalue weighted by molar-refractivity contribution is -0.123. The van der Waals surface area contributed by atoms with Gasteiger partial charge in [0, 0.05) is 6.54 Å². The van der Waals surface area contributed by atoms with Crippen molar-refractivity contribution in [1.29, 1.82) is 0 Å². The highest BCUT2D eigenvalue weighted by Crippen LogP contribution is 2.25. The molecular weight excluding hydrogens is 210 g/mol. The Hall–Kier alpha value is -0.940. The van der Waals surface area contributed by atoms with Gasteiger partial charge in [0.2, 0.25) is 5.91 Å². The zero-order chi connectivity index (χ0) is 11.6. The molecule has 0 aliphatic carbocycles. The molecule has 0 bridgehead atoms. The number of amides is 1. The van der Waals surface area contributed by atoms with Gasteiger partial charge in [-0.3, -0.25) is 4.79 Å². The number of nitrogens with zero attached hydrogens (tertiary/aromatic N) is 1. The van der Waals surface area contributed by atoms with Gasteiger partial charge in [-0.25, -0.2) is 4.98 Å². The average Bonchev–Trinajstić information content (AvgIpc) is 2.45. The van der Waals surface area contributed by atoms with Crippen molar-refractivity contribution in [2.45, 2.75) is 27.7 Å². The highest BCUT2D eigenvalue weighted by atomic mass is 32.1. The number of aromatic nitrogens is 1. The van der Waals surface area contributed by atoms with E-state index >= 15 is 0 Å². The quantitative estimate of drug-likeness (QED) is 0.825. The molecule has 0 aromatic carbocycles. The molecule has 1 amide bonds. The van der Waals surface area contributed by atoms with Crippen LogP contribution in [0.3, 0.4) is 0 Å². The average molecular weight is 227 g/mol. The number of thiazole rings is 1. The van der Waals surface area contributed by atoms with Crippen LogP contribution < -0.4 is 11.1 Å². The summed E-state index contributed by atoms with van der Waals surface area (Å²) in [5.41, 5.74) is 5.85. The van der Waals surface area contributed by atoms with E-state index in [4.69, 9.17) is 5.73 Å². The van der Waals surface area contributed by atoms with E-state index in [1.165, 1.54) is 11.3 Å². The molecule has 0 saturated carbocycles. The van der Waals surface area contributed by atoms with E-state index in [2.05, 4.69) is 10.3 Å². The van der Waals surface area contributed by atoms with Gasteiger partial charge in [-0.05, 0) is 27.7 Å². The van der Waals surface area contributed by atoms with Crippen LogP contribution >= 0.6 is 11.3 Å². The Morgan fingerprint density at radius 3 is 2.53 bits per heavy atom. The monoisotopic (exact) mass is 227 g/mol. The van der Waals surface area contributed by atoms with Crippen molar-refractivity contribution in [2.75, 3.05) is 11.9 Å². The molecule has 3 N–H and O–H groups in total. The summed E-state index contributed by atoms with van der Waals surface area (Å²) in [7, 11) is 0. The Kier molecular flexibility index (Phi) is 3.46. The second kappa shape index (κ2) is 4.28. The van der Waals surface area contributed by atoms with Crippen LogP contribution in [0.4, 0.5) is 5.00 Å². The Balaban J connectivity index is 2.79. The van der Waals surface area contributed by atoms with Crippen molar-refractivity contribution in [1.82, 2.24) is 4.98 Å². The van der Waals surface area contributed by atoms with E-state index in [1.807, 2.05) is 27.7 Å². The van der Waals surface area contributed by atoms with Crippen molar-refractivity contribution in [2.24, 2.45) is 11.1 Å². The lowest BCUT2D eigenvalue weighted by Gasteiger charge is -2.20. The molecule has 1 heterocycles. The number of anilines is 1. The van der Waals surface area contributed by atoms with Crippen molar-refractivity contribution >= 4 is 22.2 Å². The van der Waals surface area contributed by atoms with Crippen LogP contribution in [0, 0.1) is 19.3 Å². The summed E-state index contributed by atoms with van der Waals surface area (Å²) >= 11 is 1.49. The predicted octanol–water partition coefficient (Wildman–Crippen LogP) is 1.68. The van der Waals surface area contributed by atoms with Gasteiger partial charge in [-0.2, -0.15) is 0 Å². The highest BCUT2D eigenvalue weighted by molar-refractivity contribution is 7.16. The minimum absolute atomic E-state index is 0.0586. The molecule has 0 atom stereocenters. The molecule has 15 heavy (non-hydrogen) atoms. The van der Waals surface area contributed by atoms with Crippen molar-refractivity contribution < 1.29 is 4.79 Å². The Morgan fingerprint density at radius 2 is 2.13 bits per heavy atom. The minimum atomic E-state index is -0.537. The van der Waals surface area contributed by atoms with Gasteiger partial charge in [0.1, 0.15) is 5.00 Å². The third-order valence-electron chi connectivity index (χ3n) is 2.26. The van der Waals surface area contributed by atoms with Crippen LogP contribution in [-0.4, -0.2) is 17.4 Å². The molecule has 5 heteroatoms.